The number of aliphatic hydroxyl groups is 2. The molecular weight excluding hydrogens is 487 g/mol. The first-order valence-corrected chi connectivity index (χ1v) is 12.0. The molecule has 0 spiro atoms. The van der Waals surface area contributed by atoms with Crippen LogP contribution in [0.4, 0.5) is 13.2 Å². The minimum atomic E-state index is -3.81. The predicted molar refractivity (Wildman–Crippen MR) is 131 cm³/mol. The van der Waals surface area contributed by atoms with Crippen molar-refractivity contribution in [3.05, 3.63) is 59.0 Å². The topological polar surface area (TPSA) is 80.9 Å². The zero-order valence-corrected chi connectivity index (χ0v) is 20.3. The summed E-state index contributed by atoms with van der Waals surface area (Å²) >= 11 is 0. The lowest BCUT2D eigenvalue weighted by Crippen LogP contribution is -2.26. The largest absolute Gasteiger partial charge is 0.586 e. The van der Waals surface area contributed by atoms with Crippen LogP contribution in [0.1, 0.15) is 63.6 Å². The van der Waals surface area contributed by atoms with Gasteiger partial charge in [-0.05, 0) is 60.7 Å². The zero-order chi connectivity index (χ0) is 31.0. The first kappa shape index (κ1) is 20.0. The van der Waals surface area contributed by atoms with E-state index in [4.69, 9.17) is 6.85 Å². The summed E-state index contributed by atoms with van der Waals surface area (Å²) in [4.78, 5) is 13.5. The first-order valence-electron chi connectivity index (χ1n) is 14.5. The van der Waals surface area contributed by atoms with E-state index in [2.05, 4.69) is 9.47 Å². The van der Waals surface area contributed by atoms with E-state index in [1.54, 1.807) is 6.92 Å². The van der Waals surface area contributed by atoms with Crippen LogP contribution in [0, 0.1) is 5.82 Å². The summed E-state index contributed by atoms with van der Waals surface area (Å²) in [5.41, 5.74) is -2.32. The summed E-state index contributed by atoms with van der Waals surface area (Å²) in [6.07, 6.45) is -5.26. The normalized spacial score (nSPS) is 22.3. The van der Waals surface area contributed by atoms with Crippen molar-refractivity contribution in [2.24, 2.45) is 0 Å². The molecule has 2 aliphatic rings. The van der Waals surface area contributed by atoms with Crippen LogP contribution in [0.15, 0.2) is 36.4 Å². The van der Waals surface area contributed by atoms with Gasteiger partial charge in [-0.3, -0.25) is 4.79 Å². The Kier molecular flexibility index (Phi) is 4.74. The van der Waals surface area contributed by atoms with E-state index in [-0.39, 0.29) is 52.3 Å². The molecule has 37 heavy (non-hydrogen) atoms. The van der Waals surface area contributed by atoms with Gasteiger partial charge in [-0.25, -0.2) is 4.39 Å². The fraction of sp³-hybridized carbons (Fsp3) is 0.464. The Morgan fingerprint density at radius 1 is 1.24 bits per heavy atom. The number of alkyl halides is 2. The number of nitrogens with zero attached hydrogens (tertiary/aromatic N) is 1. The number of hydrogen-bond donors (Lipinski definition) is 2. The number of halogens is 3. The summed E-state index contributed by atoms with van der Waals surface area (Å²) < 4.78 is 94.1. The van der Waals surface area contributed by atoms with Crippen molar-refractivity contribution < 1.29 is 44.5 Å². The number of hydrogen-bond acceptors (Lipinski definition) is 5. The van der Waals surface area contributed by atoms with E-state index < -0.39 is 49.0 Å². The molecule has 1 aliphatic carbocycles. The first-order chi connectivity index (χ1) is 19.4. The summed E-state index contributed by atoms with van der Waals surface area (Å²) in [6, 6.07) is 7.85. The monoisotopic (exact) mass is 522 g/mol. The molecule has 6 nitrogen and oxygen atoms in total. The predicted octanol–water partition coefficient (Wildman–Crippen LogP) is 4.99. The lowest BCUT2D eigenvalue weighted by molar-refractivity contribution is -0.286. The summed E-state index contributed by atoms with van der Waals surface area (Å²) in [7, 11) is 0. The second-order valence-corrected chi connectivity index (χ2v) is 9.89. The molecule has 0 bridgehead atoms. The number of fused-ring (bicyclic) bond motifs is 2. The average molecular weight is 523 g/mol. The third-order valence-corrected chi connectivity index (χ3v) is 7.28. The standard InChI is InChI=1S/C28H30F3NO5/c1-4-26(2,3)24-10-17-9-16(20(29)13-21(17)32(24)14-19(34)15-33)11-25(35)27(7-8-27)18-5-6-22-23(12-18)37-28(30,31)36-22/h5-6,9-10,12-13,19,33-34H,4,7-8,11,14-15H2,1-3H3/t19-/m1/s1/i2D3,14D2/t19-,26?. The third kappa shape index (κ3) is 4.48. The number of aliphatic hydroxyl groups excluding tert-OH is 2. The summed E-state index contributed by atoms with van der Waals surface area (Å²) in [6.45, 7) is -3.27. The molecule has 2 N–H and O–H groups in total. The van der Waals surface area contributed by atoms with Gasteiger partial charge in [0, 0.05) is 27.0 Å². The second-order valence-electron chi connectivity index (χ2n) is 9.89. The van der Waals surface area contributed by atoms with Gasteiger partial charge < -0.3 is 24.3 Å². The lowest BCUT2D eigenvalue weighted by atomic mass is 9.86. The molecule has 1 aliphatic heterocycles. The number of benzene rings is 2. The van der Waals surface area contributed by atoms with Crippen LogP contribution < -0.4 is 9.47 Å². The molecule has 2 heterocycles. The maximum atomic E-state index is 15.6. The highest BCUT2D eigenvalue weighted by Crippen LogP contribution is 2.52. The smallest absolute Gasteiger partial charge is 0.395 e. The number of ether oxygens (including phenoxy) is 2. The molecule has 1 saturated carbocycles. The molecule has 198 valence electrons. The molecule has 0 radical (unpaired) electrons. The Balaban J connectivity index is 1.56. The quantitative estimate of drug-likeness (QED) is 0.414. The van der Waals surface area contributed by atoms with Crippen molar-refractivity contribution >= 4 is 16.7 Å². The van der Waals surface area contributed by atoms with Crippen molar-refractivity contribution in [3.63, 3.8) is 0 Å². The highest BCUT2D eigenvalue weighted by Gasteiger charge is 2.52. The lowest BCUT2D eigenvalue weighted by Gasteiger charge is -2.26. The number of aromatic nitrogens is 1. The minimum absolute atomic E-state index is 0.0231. The van der Waals surface area contributed by atoms with Crippen molar-refractivity contribution in [1.29, 1.82) is 0 Å². The molecule has 9 heteroatoms. The number of carbonyl (C=O) groups is 1. The molecule has 0 amide bonds. The van der Waals surface area contributed by atoms with Crippen molar-refractivity contribution in [1.82, 2.24) is 4.57 Å². The van der Waals surface area contributed by atoms with E-state index in [9.17, 15) is 23.8 Å². The summed E-state index contributed by atoms with van der Waals surface area (Å²) in [5, 5.41) is 20.1. The van der Waals surface area contributed by atoms with Gasteiger partial charge in [0.2, 0.25) is 0 Å². The summed E-state index contributed by atoms with van der Waals surface area (Å²) in [5.74, 6) is -1.58. The third-order valence-electron chi connectivity index (χ3n) is 7.28. The van der Waals surface area contributed by atoms with Gasteiger partial charge in [0.15, 0.2) is 11.5 Å². The van der Waals surface area contributed by atoms with E-state index in [1.807, 2.05) is 0 Å². The van der Waals surface area contributed by atoms with Crippen LogP contribution in [0.2, 0.25) is 0 Å². The number of carbonyl (C=O) groups excluding carboxylic acids is 1. The van der Waals surface area contributed by atoms with E-state index in [1.165, 1.54) is 37.3 Å². The molecular formula is C28H30F3NO5. The van der Waals surface area contributed by atoms with Gasteiger partial charge in [0.05, 0.1) is 32.9 Å². The maximum Gasteiger partial charge on any atom is 0.586 e. The van der Waals surface area contributed by atoms with Crippen molar-refractivity contribution in [2.45, 2.75) is 76.1 Å². The van der Waals surface area contributed by atoms with Crippen LogP contribution in [0.25, 0.3) is 10.9 Å². The number of ketones is 1. The highest BCUT2D eigenvalue weighted by molar-refractivity contribution is 5.95. The van der Waals surface area contributed by atoms with E-state index in [0.717, 1.165) is 10.6 Å². The SMILES string of the molecule is [2H]C([2H])([C@@H](O)CO)n1c(C(C)(CC)C([2H])([2H])[2H])cc2cc(CC(=O)C3(c4ccc5c(c4)OC(F)(F)O5)CC3)c(F)cc21. The molecule has 1 unspecified atom stereocenters. The molecule has 1 fully saturated rings. The van der Waals surface area contributed by atoms with Gasteiger partial charge in [0.1, 0.15) is 11.6 Å². The van der Waals surface area contributed by atoms with Gasteiger partial charge in [0.25, 0.3) is 0 Å². The van der Waals surface area contributed by atoms with Gasteiger partial charge >= 0.3 is 6.29 Å². The molecule has 3 aromatic rings. The Bertz CT molecular complexity index is 1570. The van der Waals surface area contributed by atoms with Crippen LogP contribution in [0.3, 0.4) is 0 Å². The van der Waals surface area contributed by atoms with E-state index in [0.29, 0.717) is 18.4 Å². The Labute approximate surface area is 219 Å². The molecule has 1 aromatic heterocycles. The van der Waals surface area contributed by atoms with Crippen molar-refractivity contribution in [3.8, 4) is 11.5 Å². The zero-order valence-electron chi connectivity index (χ0n) is 25.3. The maximum absolute atomic E-state index is 15.6. The molecule has 0 saturated heterocycles. The number of Topliss-reactive ketones (excluding diaryl/α,β-unsaturated/α-hetero) is 1. The minimum Gasteiger partial charge on any atom is -0.395 e. The van der Waals surface area contributed by atoms with Crippen LogP contribution in [-0.2, 0) is 28.5 Å². The molecule has 2 atom stereocenters. The fourth-order valence-corrected chi connectivity index (χ4v) is 4.77. The van der Waals surface area contributed by atoms with E-state index >= 15 is 4.39 Å². The molecule has 2 aromatic carbocycles. The number of rotatable bonds is 9. The second kappa shape index (κ2) is 8.77. The Morgan fingerprint density at radius 2 is 1.97 bits per heavy atom. The molecule has 5 rings (SSSR count). The fourth-order valence-electron chi connectivity index (χ4n) is 4.77. The van der Waals surface area contributed by atoms with Crippen LogP contribution in [-0.4, -0.2) is 39.6 Å². The Morgan fingerprint density at radius 3 is 2.62 bits per heavy atom. The highest BCUT2D eigenvalue weighted by atomic mass is 19.3. The van der Waals surface area contributed by atoms with Gasteiger partial charge in [-0.2, -0.15) is 0 Å². The van der Waals surface area contributed by atoms with Crippen molar-refractivity contribution in [2.75, 3.05) is 6.61 Å². The van der Waals surface area contributed by atoms with Gasteiger partial charge in [-0.15, -0.1) is 8.78 Å². The average Bonchev–Trinajstić information content (AvgIpc) is 3.54. The van der Waals surface area contributed by atoms with Gasteiger partial charge in [-0.1, -0.05) is 26.8 Å². The van der Waals surface area contributed by atoms with Crippen LogP contribution >= 0.6 is 0 Å². The van der Waals surface area contributed by atoms with Crippen LogP contribution in [0.5, 0.6) is 11.5 Å². The Hall–Kier alpha value is -3.04.